The Bertz CT molecular complexity index is 3400. The Morgan fingerprint density at radius 2 is 1.05 bits per heavy atom. The zero-order valence-electron chi connectivity index (χ0n) is 30.3. The normalized spacial score (nSPS) is 16.0. The first-order valence-corrected chi connectivity index (χ1v) is 19.2. The Kier molecular flexibility index (Phi) is 6.80. The van der Waals surface area contributed by atoms with Gasteiger partial charge in [0.05, 0.1) is 6.04 Å². The first-order valence-electron chi connectivity index (χ1n) is 19.2. The van der Waals surface area contributed by atoms with Gasteiger partial charge in [0, 0.05) is 32.8 Å². The predicted molar refractivity (Wildman–Crippen MR) is 232 cm³/mol. The van der Waals surface area contributed by atoms with E-state index in [1.165, 1.54) is 32.3 Å². The fourth-order valence-corrected chi connectivity index (χ4v) is 8.93. The summed E-state index contributed by atoms with van der Waals surface area (Å²) in [4.78, 5) is 0. The van der Waals surface area contributed by atoms with Crippen LogP contribution in [0.1, 0.15) is 28.9 Å². The molecule has 4 heteroatoms. The summed E-state index contributed by atoms with van der Waals surface area (Å²) in [6.07, 6.45) is 2.14. The minimum absolute atomic E-state index is 0.118. The summed E-state index contributed by atoms with van der Waals surface area (Å²) in [6, 6.07) is 62.8. The van der Waals surface area contributed by atoms with Gasteiger partial charge in [0.1, 0.15) is 28.5 Å². The van der Waals surface area contributed by atoms with E-state index in [9.17, 15) is 0 Å². The average Bonchev–Trinajstić information content (AvgIpc) is 3.84. The minimum atomic E-state index is -0.171. The molecule has 56 heavy (non-hydrogen) atoms. The fraction of sp³-hybridized carbons (Fsp3) is 0.0385. The van der Waals surface area contributed by atoms with Crippen molar-refractivity contribution in [2.45, 2.75) is 12.2 Å². The van der Waals surface area contributed by atoms with Crippen LogP contribution in [0, 0.1) is 0 Å². The predicted octanol–water partition coefficient (Wildman–Crippen LogP) is 13.6. The molecule has 4 nitrogen and oxygen atoms in total. The van der Waals surface area contributed by atoms with Gasteiger partial charge in [0.2, 0.25) is 0 Å². The minimum Gasteiger partial charge on any atom is -0.456 e. The Morgan fingerprint density at radius 3 is 1.91 bits per heavy atom. The smallest absolute Gasteiger partial charge is 0.136 e. The van der Waals surface area contributed by atoms with E-state index in [1.807, 2.05) is 6.07 Å². The van der Waals surface area contributed by atoms with Gasteiger partial charge in [-0.25, -0.2) is 0 Å². The topological polar surface area (TPSA) is 50.3 Å². The third-order valence-electron chi connectivity index (χ3n) is 11.7. The van der Waals surface area contributed by atoms with Gasteiger partial charge in [0.25, 0.3) is 0 Å². The lowest BCUT2D eigenvalue weighted by Crippen LogP contribution is -2.39. The van der Waals surface area contributed by atoms with Crippen LogP contribution in [0.4, 0.5) is 0 Å². The summed E-state index contributed by atoms with van der Waals surface area (Å²) in [7, 11) is 0. The molecule has 9 aromatic carbocycles. The number of nitrogens with one attached hydrogen (secondary N) is 2. The standard InChI is InChI=1S/C52H34N2O2/c1-3-12-34-25-36(19-17-31(34)9-1)43-27-39(29-49-51(43)41-15-7-8-16-46(41)55-49)45-30-44(53-52(54-45)38-20-18-32-10-2-4-13-35(32)26-38)37-21-23-42-48(28-37)56-47-24-22-33-11-5-6-14-40(33)50(42)47/h1-30,44,52-54H. The Balaban J connectivity index is 1.05. The third kappa shape index (κ3) is 4.97. The van der Waals surface area contributed by atoms with E-state index in [4.69, 9.17) is 8.83 Å². The van der Waals surface area contributed by atoms with Crippen LogP contribution >= 0.6 is 0 Å². The molecule has 3 heterocycles. The first kappa shape index (κ1) is 31.2. The molecule has 264 valence electrons. The lowest BCUT2D eigenvalue weighted by atomic mass is 9.92. The molecule has 1 aliphatic rings. The number of hydrogen-bond donors (Lipinski definition) is 2. The molecule has 0 saturated heterocycles. The second kappa shape index (κ2) is 12.2. The molecule has 2 N–H and O–H groups in total. The summed E-state index contributed by atoms with van der Waals surface area (Å²) in [5.74, 6) is 0. The Morgan fingerprint density at radius 1 is 0.393 bits per heavy atom. The van der Waals surface area contributed by atoms with Crippen molar-refractivity contribution < 1.29 is 8.83 Å². The quantitative estimate of drug-likeness (QED) is 0.190. The van der Waals surface area contributed by atoms with E-state index in [1.54, 1.807) is 0 Å². The second-order valence-electron chi connectivity index (χ2n) is 15.0. The molecular formula is C52H34N2O2. The highest BCUT2D eigenvalue weighted by atomic mass is 16.3. The number of furan rings is 2. The fourth-order valence-electron chi connectivity index (χ4n) is 8.93. The SMILES string of the molecule is C1=C(c2cc(-c3ccc4ccccc4c3)c3c(c2)oc2ccccc23)NC(c2ccc3ccccc3c2)NC1c1ccc2c(c1)oc1ccc3ccccc3c12. The molecule has 0 spiro atoms. The van der Waals surface area contributed by atoms with Crippen LogP contribution in [-0.4, -0.2) is 0 Å². The largest absolute Gasteiger partial charge is 0.456 e. The maximum atomic E-state index is 6.63. The number of rotatable bonds is 4. The number of hydrogen-bond acceptors (Lipinski definition) is 4. The van der Waals surface area contributed by atoms with E-state index in [-0.39, 0.29) is 12.2 Å². The number of fused-ring (bicyclic) bond motifs is 10. The van der Waals surface area contributed by atoms with Crippen LogP contribution in [-0.2, 0) is 0 Å². The Hall–Kier alpha value is -7.14. The zero-order valence-corrected chi connectivity index (χ0v) is 30.3. The monoisotopic (exact) mass is 718 g/mol. The van der Waals surface area contributed by atoms with Crippen molar-refractivity contribution in [3.8, 4) is 11.1 Å². The molecule has 2 aromatic heterocycles. The van der Waals surface area contributed by atoms with E-state index < -0.39 is 0 Å². The molecule has 0 fully saturated rings. The van der Waals surface area contributed by atoms with Crippen molar-refractivity contribution in [1.29, 1.82) is 0 Å². The van der Waals surface area contributed by atoms with Gasteiger partial charge in [-0.1, -0.05) is 133 Å². The number of benzene rings is 9. The molecule has 0 amide bonds. The Labute approximate surface area is 322 Å². The zero-order chi connectivity index (χ0) is 36.7. The molecule has 0 bridgehead atoms. The van der Waals surface area contributed by atoms with Gasteiger partial charge in [0.15, 0.2) is 0 Å². The first-order chi connectivity index (χ1) is 27.7. The van der Waals surface area contributed by atoms with E-state index in [0.717, 1.165) is 77.4 Å². The van der Waals surface area contributed by atoms with Crippen molar-refractivity contribution in [2.24, 2.45) is 0 Å². The summed E-state index contributed by atoms with van der Waals surface area (Å²) < 4.78 is 13.2. The lowest BCUT2D eigenvalue weighted by molar-refractivity contribution is 0.443. The molecule has 0 aliphatic carbocycles. The van der Waals surface area contributed by atoms with Crippen molar-refractivity contribution in [3.05, 3.63) is 199 Å². The highest BCUT2D eigenvalue weighted by Gasteiger charge is 2.27. The summed E-state index contributed by atoms with van der Waals surface area (Å²) >= 11 is 0. The summed E-state index contributed by atoms with van der Waals surface area (Å²) in [6.45, 7) is 0. The maximum Gasteiger partial charge on any atom is 0.136 e. The van der Waals surface area contributed by atoms with Crippen molar-refractivity contribution in [1.82, 2.24) is 10.6 Å². The molecular weight excluding hydrogens is 685 g/mol. The van der Waals surface area contributed by atoms with Crippen LogP contribution in [0.2, 0.25) is 0 Å². The van der Waals surface area contributed by atoms with Crippen LogP contribution in [0.3, 0.4) is 0 Å². The third-order valence-corrected chi connectivity index (χ3v) is 11.7. The van der Waals surface area contributed by atoms with Crippen LogP contribution in [0.15, 0.2) is 191 Å². The maximum absolute atomic E-state index is 6.63. The van der Waals surface area contributed by atoms with Gasteiger partial charge < -0.3 is 14.2 Å². The van der Waals surface area contributed by atoms with E-state index in [0.29, 0.717) is 0 Å². The van der Waals surface area contributed by atoms with Gasteiger partial charge in [-0.2, -0.15) is 0 Å². The number of para-hydroxylation sites is 1. The van der Waals surface area contributed by atoms with Crippen molar-refractivity contribution >= 4 is 81.9 Å². The van der Waals surface area contributed by atoms with Gasteiger partial charge in [-0.05, 0) is 103 Å². The molecule has 2 unspecified atom stereocenters. The van der Waals surface area contributed by atoms with E-state index >= 15 is 0 Å². The molecule has 12 rings (SSSR count). The molecule has 11 aromatic rings. The van der Waals surface area contributed by atoms with Crippen LogP contribution in [0.25, 0.3) is 93.0 Å². The van der Waals surface area contributed by atoms with E-state index in [2.05, 4.69) is 187 Å². The van der Waals surface area contributed by atoms with Crippen molar-refractivity contribution in [3.63, 3.8) is 0 Å². The highest BCUT2D eigenvalue weighted by Crippen LogP contribution is 2.42. The average molecular weight is 719 g/mol. The second-order valence-corrected chi connectivity index (χ2v) is 15.0. The summed E-state index contributed by atoms with van der Waals surface area (Å²) in [5.41, 5.74) is 10.2. The molecule has 2 atom stereocenters. The van der Waals surface area contributed by atoms with Gasteiger partial charge >= 0.3 is 0 Å². The van der Waals surface area contributed by atoms with Gasteiger partial charge in [-0.15, -0.1) is 0 Å². The summed E-state index contributed by atoms with van der Waals surface area (Å²) in [5, 5.41) is 19.7. The molecule has 0 saturated carbocycles. The highest BCUT2D eigenvalue weighted by molar-refractivity contribution is 6.19. The molecule has 0 radical (unpaired) electrons. The van der Waals surface area contributed by atoms with Gasteiger partial charge in [-0.3, -0.25) is 5.32 Å². The van der Waals surface area contributed by atoms with Crippen molar-refractivity contribution in [2.75, 3.05) is 0 Å². The van der Waals surface area contributed by atoms with Crippen LogP contribution < -0.4 is 10.6 Å². The molecule has 1 aliphatic heterocycles. The van der Waals surface area contributed by atoms with Crippen LogP contribution in [0.5, 0.6) is 0 Å². The lowest BCUT2D eigenvalue weighted by Gasteiger charge is -2.33.